The van der Waals surface area contributed by atoms with Gasteiger partial charge in [0.2, 0.25) is 0 Å². The number of halogens is 1. The summed E-state index contributed by atoms with van der Waals surface area (Å²) in [6.45, 7) is 2.53. The fraction of sp³-hybridized carbons (Fsp3) is 0.150. The molecule has 0 atom stereocenters. The molecule has 0 unspecified atom stereocenters. The smallest absolute Gasteiger partial charge is 0.328 e. The quantitative estimate of drug-likeness (QED) is 0.442. The summed E-state index contributed by atoms with van der Waals surface area (Å²) in [5.41, 5.74) is 1.35. The number of barbiturate groups is 1. The third-order valence-corrected chi connectivity index (χ3v) is 4.08. The maximum absolute atomic E-state index is 11.9. The highest BCUT2D eigenvalue weighted by Crippen LogP contribution is 2.26. The van der Waals surface area contributed by atoms with Gasteiger partial charge in [-0.1, -0.05) is 29.3 Å². The third kappa shape index (κ3) is 4.89. The summed E-state index contributed by atoms with van der Waals surface area (Å²) in [5, 5.41) is 4.44. The first-order valence-corrected chi connectivity index (χ1v) is 8.80. The van der Waals surface area contributed by atoms with Crippen LogP contribution < -0.4 is 20.1 Å². The molecule has 2 aromatic carbocycles. The van der Waals surface area contributed by atoms with E-state index in [4.69, 9.17) is 21.1 Å². The van der Waals surface area contributed by atoms with Gasteiger partial charge in [-0.3, -0.25) is 20.2 Å². The average Bonchev–Trinajstić information content (AvgIpc) is 2.64. The number of imide groups is 2. The Morgan fingerprint density at radius 2 is 1.57 bits per heavy atom. The Labute approximate surface area is 166 Å². The van der Waals surface area contributed by atoms with Crippen molar-refractivity contribution in [3.05, 3.63) is 64.2 Å². The molecule has 1 aliphatic rings. The Morgan fingerprint density at radius 1 is 0.929 bits per heavy atom. The standard InChI is InChI=1S/C20H17ClN2O5/c1-12-2-5-15(6-3-12)27-8-9-28-17-7-4-14(21)10-13(17)11-16-18(24)22-20(26)23-19(16)25/h2-7,10-11H,8-9H2,1H3,(H2,22,23,24,25,26). The number of carbonyl (C=O) groups excluding carboxylic acids is 3. The maximum atomic E-state index is 11.9. The van der Waals surface area contributed by atoms with E-state index >= 15 is 0 Å². The van der Waals surface area contributed by atoms with Crippen LogP contribution in [-0.4, -0.2) is 31.1 Å². The molecule has 0 bridgehead atoms. The van der Waals surface area contributed by atoms with Crippen LogP contribution in [0.2, 0.25) is 5.02 Å². The Hall–Kier alpha value is -3.32. The van der Waals surface area contributed by atoms with Gasteiger partial charge in [0.15, 0.2) is 0 Å². The number of nitrogens with one attached hydrogen (secondary N) is 2. The second kappa shape index (κ2) is 8.58. The molecule has 7 nitrogen and oxygen atoms in total. The number of amides is 4. The predicted molar refractivity (Wildman–Crippen MR) is 103 cm³/mol. The second-order valence-electron chi connectivity index (χ2n) is 5.99. The van der Waals surface area contributed by atoms with E-state index in [2.05, 4.69) is 0 Å². The van der Waals surface area contributed by atoms with E-state index in [1.807, 2.05) is 41.8 Å². The van der Waals surface area contributed by atoms with Crippen molar-refractivity contribution in [2.75, 3.05) is 13.2 Å². The van der Waals surface area contributed by atoms with Crippen molar-refractivity contribution >= 4 is 35.5 Å². The molecule has 0 radical (unpaired) electrons. The van der Waals surface area contributed by atoms with Crippen LogP contribution in [0.3, 0.4) is 0 Å². The topological polar surface area (TPSA) is 93.7 Å². The number of benzene rings is 2. The highest BCUT2D eigenvalue weighted by Gasteiger charge is 2.28. The largest absolute Gasteiger partial charge is 0.490 e. The molecule has 1 saturated heterocycles. The Balaban J connectivity index is 1.69. The number of carbonyl (C=O) groups is 3. The van der Waals surface area contributed by atoms with Gasteiger partial charge >= 0.3 is 6.03 Å². The summed E-state index contributed by atoms with van der Waals surface area (Å²) >= 11 is 6.02. The van der Waals surface area contributed by atoms with Crippen LogP contribution in [0, 0.1) is 6.92 Å². The van der Waals surface area contributed by atoms with E-state index in [0.717, 1.165) is 11.3 Å². The van der Waals surface area contributed by atoms with Gasteiger partial charge in [0.1, 0.15) is 30.3 Å². The molecule has 0 saturated carbocycles. The average molecular weight is 401 g/mol. The van der Waals surface area contributed by atoms with Crippen molar-refractivity contribution < 1.29 is 23.9 Å². The molecule has 0 aromatic heterocycles. The number of rotatable bonds is 6. The molecule has 1 fully saturated rings. The zero-order valence-electron chi connectivity index (χ0n) is 15.0. The predicted octanol–water partition coefficient (Wildman–Crippen LogP) is 2.86. The molecule has 1 heterocycles. The molecule has 0 spiro atoms. The van der Waals surface area contributed by atoms with Gasteiger partial charge in [-0.2, -0.15) is 0 Å². The summed E-state index contributed by atoms with van der Waals surface area (Å²) < 4.78 is 11.3. The number of aryl methyl sites for hydroxylation is 1. The van der Waals surface area contributed by atoms with Crippen LogP contribution in [0.15, 0.2) is 48.0 Å². The van der Waals surface area contributed by atoms with E-state index < -0.39 is 17.8 Å². The monoisotopic (exact) mass is 400 g/mol. The van der Waals surface area contributed by atoms with Gasteiger partial charge in [-0.05, 0) is 43.3 Å². The zero-order valence-corrected chi connectivity index (χ0v) is 15.7. The zero-order chi connectivity index (χ0) is 20.1. The first kappa shape index (κ1) is 19.4. The van der Waals surface area contributed by atoms with E-state index in [1.54, 1.807) is 18.2 Å². The molecule has 4 amide bonds. The number of ether oxygens (including phenoxy) is 2. The van der Waals surface area contributed by atoms with Crippen LogP contribution in [0.1, 0.15) is 11.1 Å². The summed E-state index contributed by atoms with van der Waals surface area (Å²) in [5.74, 6) is -0.431. The molecule has 28 heavy (non-hydrogen) atoms. The minimum Gasteiger partial charge on any atom is -0.490 e. The van der Waals surface area contributed by atoms with Gasteiger partial charge < -0.3 is 9.47 Å². The normalized spacial score (nSPS) is 13.6. The fourth-order valence-electron chi connectivity index (χ4n) is 2.47. The molecular weight excluding hydrogens is 384 g/mol. The van der Waals surface area contributed by atoms with Gasteiger partial charge in [0.25, 0.3) is 11.8 Å². The second-order valence-corrected chi connectivity index (χ2v) is 6.42. The molecular formula is C20H17ClN2O5. The Morgan fingerprint density at radius 3 is 2.25 bits per heavy atom. The van der Waals surface area contributed by atoms with Gasteiger partial charge in [0.05, 0.1) is 0 Å². The Bertz CT molecular complexity index is 932. The van der Waals surface area contributed by atoms with Crippen molar-refractivity contribution in [3.63, 3.8) is 0 Å². The van der Waals surface area contributed by atoms with Crippen LogP contribution in [-0.2, 0) is 9.59 Å². The lowest BCUT2D eigenvalue weighted by atomic mass is 10.1. The molecule has 2 N–H and O–H groups in total. The summed E-state index contributed by atoms with van der Waals surface area (Å²) in [6, 6.07) is 11.6. The van der Waals surface area contributed by atoms with Crippen molar-refractivity contribution in [1.29, 1.82) is 0 Å². The van der Waals surface area contributed by atoms with Crippen LogP contribution in [0.5, 0.6) is 11.5 Å². The van der Waals surface area contributed by atoms with Crippen molar-refractivity contribution in [3.8, 4) is 11.5 Å². The van der Waals surface area contributed by atoms with E-state index in [0.29, 0.717) is 22.9 Å². The number of hydrogen-bond donors (Lipinski definition) is 2. The number of hydrogen-bond acceptors (Lipinski definition) is 5. The van der Waals surface area contributed by atoms with Crippen LogP contribution >= 0.6 is 11.6 Å². The molecule has 0 aliphatic carbocycles. The minimum atomic E-state index is -0.858. The minimum absolute atomic E-state index is 0.220. The van der Waals surface area contributed by atoms with Crippen molar-refractivity contribution in [2.24, 2.45) is 0 Å². The summed E-state index contributed by atoms with van der Waals surface area (Å²) in [6.07, 6.45) is 1.32. The van der Waals surface area contributed by atoms with E-state index in [9.17, 15) is 14.4 Å². The maximum Gasteiger partial charge on any atom is 0.328 e. The van der Waals surface area contributed by atoms with Gasteiger partial charge in [0, 0.05) is 10.6 Å². The number of urea groups is 1. The molecule has 144 valence electrons. The first-order valence-electron chi connectivity index (χ1n) is 8.42. The highest BCUT2D eigenvalue weighted by molar-refractivity contribution is 6.32. The summed E-state index contributed by atoms with van der Waals surface area (Å²) in [7, 11) is 0. The van der Waals surface area contributed by atoms with Crippen molar-refractivity contribution in [1.82, 2.24) is 10.6 Å². The van der Waals surface area contributed by atoms with Crippen LogP contribution in [0.25, 0.3) is 6.08 Å². The first-order chi connectivity index (χ1) is 13.4. The lowest BCUT2D eigenvalue weighted by Crippen LogP contribution is -2.51. The summed E-state index contributed by atoms with van der Waals surface area (Å²) in [4.78, 5) is 35.0. The SMILES string of the molecule is Cc1ccc(OCCOc2ccc(Cl)cc2C=C2C(=O)NC(=O)NC2=O)cc1. The van der Waals surface area contributed by atoms with Gasteiger partial charge in [-0.25, -0.2) is 4.79 Å². The lowest BCUT2D eigenvalue weighted by Gasteiger charge is -2.15. The Kier molecular flexibility index (Phi) is 5.96. The van der Waals surface area contributed by atoms with Gasteiger partial charge in [-0.15, -0.1) is 0 Å². The highest BCUT2D eigenvalue weighted by atomic mass is 35.5. The van der Waals surface area contributed by atoms with E-state index in [1.165, 1.54) is 6.08 Å². The van der Waals surface area contributed by atoms with Crippen molar-refractivity contribution in [2.45, 2.75) is 6.92 Å². The molecule has 3 rings (SSSR count). The van der Waals surface area contributed by atoms with Crippen LogP contribution in [0.4, 0.5) is 4.79 Å². The fourth-order valence-corrected chi connectivity index (χ4v) is 2.65. The molecule has 8 heteroatoms. The van der Waals surface area contributed by atoms with E-state index in [-0.39, 0.29) is 12.2 Å². The molecule has 2 aromatic rings. The third-order valence-electron chi connectivity index (χ3n) is 3.85. The molecule has 1 aliphatic heterocycles. The lowest BCUT2D eigenvalue weighted by molar-refractivity contribution is -0.123.